The van der Waals surface area contributed by atoms with Gasteiger partial charge in [-0.3, -0.25) is 0 Å². The first-order valence-corrected chi connectivity index (χ1v) is 5.75. The van der Waals surface area contributed by atoms with E-state index in [0.717, 1.165) is 12.2 Å². The number of hydrogen-bond donors (Lipinski definition) is 0. The molecule has 0 N–H and O–H groups in total. The third-order valence-electron chi connectivity index (χ3n) is 2.20. The summed E-state index contributed by atoms with van der Waals surface area (Å²) in [6.07, 6.45) is 12.3. The minimum absolute atomic E-state index is 0.985. The van der Waals surface area contributed by atoms with Gasteiger partial charge in [0.1, 0.15) is 0 Å². The van der Waals surface area contributed by atoms with Crippen LogP contribution in [0.15, 0.2) is 53.5 Å². The van der Waals surface area contributed by atoms with Gasteiger partial charge in [-0.05, 0) is 45.4 Å². The molecule has 16 heavy (non-hydrogen) atoms. The Bertz CT molecular complexity index is 336. The highest BCUT2D eigenvalue weighted by Gasteiger charge is 1.97. The van der Waals surface area contributed by atoms with Crippen molar-refractivity contribution in [1.82, 2.24) is 4.90 Å². The molecule has 1 nitrogen and oxygen atoms in total. The molecule has 0 saturated heterocycles. The largest absolute Gasteiger partial charge is 0.369 e. The lowest BCUT2D eigenvalue weighted by Gasteiger charge is -2.16. The number of nitrogens with zero attached hydrogens (tertiary/aromatic N) is 1. The minimum Gasteiger partial charge on any atom is -0.369 e. The fraction of sp³-hybridized carbons (Fsp3) is 0.400. The Balaban J connectivity index is 4.87. The SMILES string of the molecule is CC=C=C(/C=C(C)/C=C\C=C/C)N(C)CC. The summed E-state index contributed by atoms with van der Waals surface area (Å²) < 4.78 is 0. The molecule has 0 spiro atoms. The summed E-state index contributed by atoms with van der Waals surface area (Å²) >= 11 is 0. The third-order valence-corrected chi connectivity index (χ3v) is 2.20. The van der Waals surface area contributed by atoms with Crippen LogP contribution in [0.4, 0.5) is 0 Å². The van der Waals surface area contributed by atoms with Crippen LogP contribution in [0.25, 0.3) is 0 Å². The summed E-state index contributed by atoms with van der Waals surface area (Å²) in [5.74, 6) is 0. The quantitative estimate of drug-likeness (QED) is 0.495. The van der Waals surface area contributed by atoms with E-state index in [2.05, 4.69) is 43.7 Å². The molecule has 0 bridgehead atoms. The molecule has 0 saturated carbocycles. The van der Waals surface area contributed by atoms with Crippen LogP contribution in [0, 0.1) is 0 Å². The first-order chi connectivity index (χ1) is 7.65. The lowest BCUT2D eigenvalue weighted by atomic mass is 10.2. The molecule has 0 fully saturated rings. The van der Waals surface area contributed by atoms with Crippen LogP contribution in [0.5, 0.6) is 0 Å². The Morgan fingerprint density at radius 2 is 1.94 bits per heavy atom. The van der Waals surface area contributed by atoms with Crippen LogP contribution >= 0.6 is 0 Å². The standard InChI is InChI=1S/C15H23N/c1-6-9-10-12-14(4)13-15(11-7-2)16(5)8-3/h6-7,9-10,12-13H,8H2,1-5H3/b9-6-,12-10-,14-13+. The zero-order valence-corrected chi connectivity index (χ0v) is 11.1. The number of likely N-dealkylation sites (N-methyl/N-ethyl adjacent to an activating group) is 1. The van der Waals surface area contributed by atoms with Crippen molar-refractivity contribution in [3.05, 3.63) is 53.5 Å². The molecule has 0 atom stereocenters. The maximum Gasteiger partial charge on any atom is 0.0796 e. The van der Waals surface area contributed by atoms with E-state index < -0.39 is 0 Å². The predicted octanol–water partition coefficient (Wildman–Crippen LogP) is 4.08. The number of rotatable bonds is 5. The summed E-state index contributed by atoms with van der Waals surface area (Å²) in [6, 6.07) is 0. The van der Waals surface area contributed by atoms with Gasteiger partial charge >= 0.3 is 0 Å². The van der Waals surface area contributed by atoms with Crippen molar-refractivity contribution in [2.75, 3.05) is 13.6 Å². The fourth-order valence-corrected chi connectivity index (χ4v) is 1.16. The molecule has 0 radical (unpaired) electrons. The molecule has 0 aliphatic rings. The van der Waals surface area contributed by atoms with Gasteiger partial charge in [0.2, 0.25) is 0 Å². The summed E-state index contributed by atoms with van der Waals surface area (Å²) in [4.78, 5) is 2.17. The Morgan fingerprint density at radius 3 is 2.44 bits per heavy atom. The molecule has 0 aliphatic carbocycles. The molecule has 0 aromatic carbocycles. The second-order valence-corrected chi connectivity index (χ2v) is 3.61. The van der Waals surface area contributed by atoms with E-state index in [0.29, 0.717) is 0 Å². The summed E-state index contributed by atoms with van der Waals surface area (Å²) in [5.41, 5.74) is 5.59. The van der Waals surface area contributed by atoms with Crippen LogP contribution < -0.4 is 0 Å². The van der Waals surface area contributed by atoms with Crippen LogP contribution in [0.1, 0.15) is 27.7 Å². The number of allylic oxidation sites excluding steroid dienone is 6. The lowest BCUT2D eigenvalue weighted by molar-refractivity contribution is 0.456. The van der Waals surface area contributed by atoms with Gasteiger partial charge in [-0.25, -0.2) is 0 Å². The van der Waals surface area contributed by atoms with Crippen molar-refractivity contribution in [3.8, 4) is 0 Å². The van der Waals surface area contributed by atoms with Gasteiger partial charge in [-0.2, -0.15) is 0 Å². The van der Waals surface area contributed by atoms with Crippen LogP contribution in [-0.4, -0.2) is 18.5 Å². The highest BCUT2D eigenvalue weighted by Crippen LogP contribution is 2.06. The van der Waals surface area contributed by atoms with Gasteiger partial charge in [0, 0.05) is 13.6 Å². The van der Waals surface area contributed by atoms with E-state index in [1.54, 1.807) is 0 Å². The normalized spacial score (nSPS) is 11.9. The first kappa shape index (κ1) is 14.5. The van der Waals surface area contributed by atoms with E-state index >= 15 is 0 Å². The van der Waals surface area contributed by atoms with Crippen molar-refractivity contribution in [3.63, 3.8) is 0 Å². The van der Waals surface area contributed by atoms with E-state index in [9.17, 15) is 0 Å². The van der Waals surface area contributed by atoms with E-state index in [1.807, 2.05) is 38.2 Å². The third kappa shape index (κ3) is 6.10. The predicted molar refractivity (Wildman–Crippen MR) is 73.3 cm³/mol. The van der Waals surface area contributed by atoms with Gasteiger partial charge in [-0.1, -0.05) is 30.0 Å². The first-order valence-electron chi connectivity index (χ1n) is 5.75. The van der Waals surface area contributed by atoms with Gasteiger partial charge in [0.25, 0.3) is 0 Å². The summed E-state index contributed by atoms with van der Waals surface area (Å²) in [6.45, 7) is 9.22. The van der Waals surface area contributed by atoms with Gasteiger partial charge in [0.15, 0.2) is 0 Å². The highest BCUT2D eigenvalue weighted by molar-refractivity contribution is 5.29. The maximum absolute atomic E-state index is 3.24. The average Bonchev–Trinajstić information content (AvgIpc) is 2.28. The Labute approximate surface area is 100 Å². The van der Waals surface area contributed by atoms with Crippen LogP contribution in [0.2, 0.25) is 0 Å². The van der Waals surface area contributed by atoms with Crippen LogP contribution in [0.3, 0.4) is 0 Å². The fourth-order valence-electron chi connectivity index (χ4n) is 1.16. The summed E-state index contributed by atoms with van der Waals surface area (Å²) in [7, 11) is 2.07. The molecule has 0 aromatic heterocycles. The molecule has 88 valence electrons. The molecule has 0 heterocycles. The average molecular weight is 217 g/mol. The van der Waals surface area contributed by atoms with Gasteiger partial charge in [0.05, 0.1) is 5.70 Å². The smallest absolute Gasteiger partial charge is 0.0796 e. The second-order valence-electron chi connectivity index (χ2n) is 3.61. The Hall–Kier alpha value is -1.46. The van der Waals surface area contributed by atoms with Crippen molar-refractivity contribution in [2.24, 2.45) is 0 Å². The van der Waals surface area contributed by atoms with Crippen LogP contribution in [-0.2, 0) is 0 Å². The second kappa shape index (κ2) is 8.82. The van der Waals surface area contributed by atoms with E-state index in [4.69, 9.17) is 0 Å². The molecular formula is C15H23N. The monoisotopic (exact) mass is 217 g/mol. The zero-order valence-electron chi connectivity index (χ0n) is 11.1. The Kier molecular flexibility index (Phi) is 8.01. The van der Waals surface area contributed by atoms with E-state index in [1.165, 1.54) is 5.57 Å². The molecule has 1 heteroatoms. The maximum atomic E-state index is 3.24. The van der Waals surface area contributed by atoms with Crippen molar-refractivity contribution < 1.29 is 0 Å². The van der Waals surface area contributed by atoms with Gasteiger partial charge < -0.3 is 4.90 Å². The molecule has 0 amide bonds. The number of hydrogen-bond acceptors (Lipinski definition) is 1. The summed E-state index contributed by atoms with van der Waals surface area (Å²) in [5, 5.41) is 0. The molecule has 0 rings (SSSR count). The topological polar surface area (TPSA) is 3.24 Å². The zero-order chi connectivity index (χ0) is 12.4. The molecule has 0 unspecified atom stereocenters. The molecular weight excluding hydrogens is 194 g/mol. The lowest BCUT2D eigenvalue weighted by Crippen LogP contribution is -2.15. The van der Waals surface area contributed by atoms with Crippen molar-refractivity contribution >= 4 is 0 Å². The Morgan fingerprint density at radius 1 is 1.25 bits per heavy atom. The molecule has 0 aromatic rings. The van der Waals surface area contributed by atoms with E-state index in [-0.39, 0.29) is 0 Å². The highest BCUT2D eigenvalue weighted by atomic mass is 15.1. The minimum atomic E-state index is 0.985. The molecule has 0 aliphatic heterocycles. The van der Waals surface area contributed by atoms with Crippen molar-refractivity contribution in [2.45, 2.75) is 27.7 Å². The van der Waals surface area contributed by atoms with Crippen molar-refractivity contribution in [1.29, 1.82) is 0 Å². The van der Waals surface area contributed by atoms with Gasteiger partial charge in [-0.15, -0.1) is 0 Å².